The summed E-state index contributed by atoms with van der Waals surface area (Å²) in [6.07, 6.45) is 0.453. The van der Waals surface area contributed by atoms with E-state index in [0.29, 0.717) is 31.7 Å². The van der Waals surface area contributed by atoms with Crippen LogP contribution in [0.25, 0.3) is 0 Å². The number of esters is 1. The van der Waals surface area contributed by atoms with E-state index >= 15 is 0 Å². The zero-order valence-electron chi connectivity index (χ0n) is 15.1. The molecule has 1 aliphatic rings. The van der Waals surface area contributed by atoms with Gasteiger partial charge in [-0.05, 0) is 36.8 Å². The van der Waals surface area contributed by atoms with Crippen molar-refractivity contribution in [2.45, 2.75) is 13.3 Å². The van der Waals surface area contributed by atoms with Gasteiger partial charge in [0.05, 0.1) is 18.6 Å². The van der Waals surface area contributed by atoms with Crippen molar-refractivity contribution in [2.75, 3.05) is 37.7 Å². The summed E-state index contributed by atoms with van der Waals surface area (Å²) in [5.41, 5.74) is 2.68. The highest BCUT2D eigenvalue weighted by molar-refractivity contribution is 5.89. The molecule has 1 amide bonds. The minimum absolute atomic E-state index is 0.175. The van der Waals surface area contributed by atoms with Crippen LogP contribution in [0.1, 0.15) is 22.8 Å². The maximum absolute atomic E-state index is 12.4. The quantitative estimate of drug-likeness (QED) is 0.777. The zero-order chi connectivity index (χ0) is 18.4. The Bertz CT molecular complexity index is 736. The van der Waals surface area contributed by atoms with E-state index in [2.05, 4.69) is 4.90 Å². The first-order chi connectivity index (χ1) is 12.7. The summed E-state index contributed by atoms with van der Waals surface area (Å²) < 4.78 is 5.01. The number of hydrogen-bond acceptors (Lipinski definition) is 4. The number of carbonyl (C=O) groups is 2. The summed E-state index contributed by atoms with van der Waals surface area (Å²) in [5.74, 6) is -0.121. The number of carbonyl (C=O) groups excluding carboxylic acids is 2. The van der Waals surface area contributed by atoms with Gasteiger partial charge in [0.2, 0.25) is 5.91 Å². The molecule has 136 valence electrons. The van der Waals surface area contributed by atoms with E-state index in [4.69, 9.17) is 4.74 Å². The lowest BCUT2D eigenvalue weighted by Gasteiger charge is -2.36. The van der Waals surface area contributed by atoms with Crippen molar-refractivity contribution in [1.82, 2.24) is 4.90 Å². The van der Waals surface area contributed by atoms with Gasteiger partial charge >= 0.3 is 5.97 Å². The van der Waals surface area contributed by atoms with Gasteiger partial charge in [-0.3, -0.25) is 4.79 Å². The molecule has 0 saturated carbocycles. The largest absolute Gasteiger partial charge is 0.462 e. The fraction of sp³-hybridized carbons (Fsp3) is 0.333. The van der Waals surface area contributed by atoms with E-state index in [0.717, 1.165) is 24.3 Å². The molecule has 0 N–H and O–H groups in total. The Kier molecular flexibility index (Phi) is 5.89. The Labute approximate surface area is 154 Å². The topological polar surface area (TPSA) is 49.9 Å². The molecule has 26 heavy (non-hydrogen) atoms. The van der Waals surface area contributed by atoms with E-state index in [9.17, 15) is 9.59 Å². The van der Waals surface area contributed by atoms with E-state index in [-0.39, 0.29) is 11.9 Å². The van der Waals surface area contributed by atoms with Gasteiger partial charge in [-0.1, -0.05) is 30.3 Å². The van der Waals surface area contributed by atoms with Crippen LogP contribution in [0, 0.1) is 0 Å². The first kappa shape index (κ1) is 18.0. The van der Waals surface area contributed by atoms with Crippen molar-refractivity contribution >= 4 is 17.6 Å². The van der Waals surface area contributed by atoms with Crippen molar-refractivity contribution in [3.8, 4) is 0 Å². The standard InChI is InChI=1S/C21H24N2O3/c1-2-26-21(25)18-8-10-19(11-9-18)22-12-14-23(15-13-22)20(24)16-17-6-4-3-5-7-17/h3-11H,2,12-16H2,1H3. The van der Waals surface area contributed by atoms with Crippen LogP contribution in [0.5, 0.6) is 0 Å². The first-order valence-electron chi connectivity index (χ1n) is 9.01. The molecule has 0 spiro atoms. The molecule has 5 nitrogen and oxygen atoms in total. The summed E-state index contributed by atoms with van der Waals surface area (Å²) in [6, 6.07) is 17.3. The average molecular weight is 352 g/mol. The predicted octanol–water partition coefficient (Wildman–Crippen LogP) is 2.75. The molecule has 1 saturated heterocycles. The fourth-order valence-electron chi connectivity index (χ4n) is 3.12. The smallest absolute Gasteiger partial charge is 0.338 e. The molecule has 1 fully saturated rings. The minimum atomic E-state index is -0.296. The number of rotatable bonds is 5. The Morgan fingerprint density at radius 3 is 2.19 bits per heavy atom. The third kappa shape index (κ3) is 4.42. The van der Waals surface area contributed by atoms with Crippen LogP contribution in [0.3, 0.4) is 0 Å². The molecule has 0 aromatic heterocycles. The second-order valence-corrected chi connectivity index (χ2v) is 6.30. The highest BCUT2D eigenvalue weighted by Gasteiger charge is 2.21. The summed E-state index contributed by atoms with van der Waals surface area (Å²) in [6.45, 7) is 5.18. The van der Waals surface area contributed by atoms with Gasteiger partial charge in [0.15, 0.2) is 0 Å². The number of amides is 1. The minimum Gasteiger partial charge on any atom is -0.462 e. The number of benzene rings is 2. The van der Waals surface area contributed by atoms with Crippen LogP contribution in [0.4, 0.5) is 5.69 Å². The Hall–Kier alpha value is -2.82. The first-order valence-corrected chi connectivity index (χ1v) is 9.01. The molecule has 2 aromatic carbocycles. The lowest BCUT2D eigenvalue weighted by Crippen LogP contribution is -2.49. The van der Waals surface area contributed by atoms with Crippen molar-refractivity contribution in [3.05, 3.63) is 65.7 Å². The highest BCUT2D eigenvalue weighted by atomic mass is 16.5. The van der Waals surface area contributed by atoms with E-state index in [1.807, 2.05) is 47.4 Å². The number of piperazine rings is 1. The third-order valence-electron chi connectivity index (χ3n) is 4.57. The van der Waals surface area contributed by atoms with Gasteiger partial charge in [0, 0.05) is 31.9 Å². The average Bonchev–Trinajstić information content (AvgIpc) is 2.69. The van der Waals surface area contributed by atoms with Crippen molar-refractivity contribution in [2.24, 2.45) is 0 Å². The third-order valence-corrected chi connectivity index (χ3v) is 4.57. The summed E-state index contributed by atoms with van der Waals surface area (Å²) >= 11 is 0. The van der Waals surface area contributed by atoms with Crippen LogP contribution in [-0.2, 0) is 16.0 Å². The van der Waals surface area contributed by atoms with E-state index in [1.54, 1.807) is 19.1 Å². The maximum Gasteiger partial charge on any atom is 0.338 e. The second kappa shape index (κ2) is 8.52. The molecule has 2 aromatic rings. The number of anilines is 1. The molecular weight excluding hydrogens is 328 g/mol. The molecule has 1 heterocycles. The maximum atomic E-state index is 12.4. The Morgan fingerprint density at radius 2 is 1.58 bits per heavy atom. The number of ether oxygens (including phenoxy) is 1. The Balaban J connectivity index is 1.53. The number of hydrogen-bond donors (Lipinski definition) is 0. The van der Waals surface area contributed by atoms with Crippen LogP contribution >= 0.6 is 0 Å². The molecule has 0 bridgehead atoms. The second-order valence-electron chi connectivity index (χ2n) is 6.30. The van der Waals surface area contributed by atoms with Crippen LogP contribution in [0.15, 0.2) is 54.6 Å². The van der Waals surface area contributed by atoms with Crippen LogP contribution in [0.2, 0.25) is 0 Å². The summed E-state index contributed by atoms with van der Waals surface area (Å²) in [4.78, 5) is 28.3. The SMILES string of the molecule is CCOC(=O)c1ccc(N2CCN(C(=O)Cc3ccccc3)CC2)cc1. The monoisotopic (exact) mass is 352 g/mol. The Morgan fingerprint density at radius 1 is 0.923 bits per heavy atom. The highest BCUT2D eigenvalue weighted by Crippen LogP contribution is 2.18. The zero-order valence-corrected chi connectivity index (χ0v) is 15.1. The van der Waals surface area contributed by atoms with Gasteiger partial charge in [0.25, 0.3) is 0 Å². The number of nitrogens with zero attached hydrogens (tertiary/aromatic N) is 2. The van der Waals surface area contributed by atoms with Crippen molar-refractivity contribution in [1.29, 1.82) is 0 Å². The summed E-state index contributed by atoms with van der Waals surface area (Å²) in [5, 5.41) is 0. The lowest BCUT2D eigenvalue weighted by atomic mass is 10.1. The molecule has 0 atom stereocenters. The molecule has 1 aliphatic heterocycles. The van der Waals surface area contributed by atoms with Gasteiger partial charge < -0.3 is 14.5 Å². The van der Waals surface area contributed by atoms with Gasteiger partial charge in [0.1, 0.15) is 0 Å². The van der Waals surface area contributed by atoms with Crippen LogP contribution in [-0.4, -0.2) is 49.6 Å². The molecular formula is C21H24N2O3. The lowest BCUT2D eigenvalue weighted by molar-refractivity contribution is -0.130. The molecule has 5 heteroatoms. The molecule has 0 radical (unpaired) electrons. The van der Waals surface area contributed by atoms with Gasteiger partial charge in [-0.15, -0.1) is 0 Å². The van der Waals surface area contributed by atoms with Crippen molar-refractivity contribution < 1.29 is 14.3 Å². The molecule has 0 aliphatic carbocycles. The normalized spacial score (nSPS) is 14.2. The van der Waals surface area contributed by atoms with Gasteiger partial charge in [-0.25, -0.2) is 4.79 Å². The fourth-order valence-corrected chi connectivity index (χ4v) is 3.12. The van der Waals surface area contributed by atoms with Gasteiger partial charge in [-0.2, -0.15) is 0 Å². The predicted molar refractivity (Wildman–Crippen MR) is 101 cm³/mol. The van der Waals surface area contributed by atoms with E-state index < -0.39 is 0 Å². The van der Waals surface area contributed by atoms with Crippen molar-refractivity contribution in [3.63, 3.8) is 0 Å². The van der Waals surface area contributed by atoms with Crippen LogP contribution < -0.4 is 4.90 Å². The summed E-state index contributed by atoms with van der Waals surface area (Å²) in [7, 11) is 0. The molecule has 0 unspecified atom stereocenters. The van der Waals surface area contributed by atoms with E-state index in [1.165, 1.54) is 0 Å². The molecule has 3 rings (SSSR count).